The van der Waals surface area contributed by atoms with Crippen LogP contribution in [0.5, 0.6) is 11.5 Å². The summed E-state index contributed by atoms with van der Waals surface area (Å²) in [6, 6.07) is 10.4. The molecule has 0 saturated heterocycles. The van der Waals surface area contributed by atoms with Gasteiger partial charge in [0, 0.05) is 4.47 Å². The molecular weight excluding hydrogens is 328 g/mol. The molecule has 0 radical (unpaired) electrons. The molecule has 0 saturated carbocycles. The summed E-state index contributed by atoms with van der Waals surface area (Å²) in [5.74, 6) is 0.547. The Morgan fingerprint density at radius 2 is 1.85 bits per heavy atom. The Hall–Kier alpha value is -2.15. The number of halogens is 1. The third-order valence-electron chi connectivity index (χ3n) is 2.35. The van der Waals surface area contributed by atoms with E-state index in [1.165, 1.54) is 12.3 Å². The average Bonchev–Trinajstić information content (AvgIpc) is 2.46. The first-order valence-corrected chi connectivity index (χ1v) is 6.56. The number of aromatic nitrogens is 1. The van der Waals surface area contributed by atoms with Crippen molar-refractivity contribution in [1.82, 2.24) is 4.98 Å². The zero-order chi connectivity index (χ0) is 14.4. The molecule has 0 spiro atoms. The highest BCUT2D eigenvalue weighted by Gasteiger charge is 2.15. The Balaban J connectivity index is 1.84. The molecule has 6 nitrogen and oxygen atoms in total. The first-order chi connectivity index (χ1) is 9.66. The van der Waals surface area contributed by atoms with Crippen molar-refractivity contribution >= 4 is 21.7 Å². The maximum atomic E-state index is 10.7. The molecule has 0 fully saturated rings. The predicted octanol–water partition coefficient (Wildman–Crippen LogP) is 3.21. The maximum absolute atomic E-state index is 10.7. The van der Waals surface area contributed by atoms with E-state index in [1.54, 1.807) is 6.07 Å². The number of nitro groups is 1. The van der Waals surface area contributed by atoms with Crippen LogP contribution in [-0.2, 0) is 0 Å². The summed E-state index contributed by atoms with van der Waals surface area (Å²) in [6.45, 7) is 0.482. The third kappa shape index (κ3) is 3.92. The highest BCUT2D eigenvalue weighted by molar-refractivity contribution is 9.10. The lowest BCUT2D eigenvalue weighted by Gasteiger charge is -2.08. The van der Waals surface area contributed by atoms with Crippen LogP contribution >= 0.6 is 15.9 Å². The molecule has 0 amide bonds. The van der Waals surface area contributed by atoms with E-state index in [1.807, 2.05) is 24.3 Å². The summed E-state index contributed by atoms with van der Waals surface area (Å²) in [5, 5.41) is 10.7. The van der Waals surface area contributed by atoms with Crippen molar-refractivity contribution in [3.63, 3.8) is 0 Å². The van der Waals surface area contributed by atoms with Crippen LogP contribution in [0, 0.1) is 10.1 Å². The molecule has 0 atom stereocenters. The van der Waals surface area contributed by atoms with Gasteiger partial charge in [0.25, 0.3) is 0 Å². The largest absolute Gasteiger partial charge is 0.490 e. The van der Waals surface area contributed by atoms with Crippen LogP contribution in [0.3, 0.4) is 0 Å². The fourth-order valence-electron chi connectivity index (χ4n) is 1.47. The molecule has 0 N–H and O–H groups in total. The lowest BCUT2D eigenvalue weighted by Crippen LogP contribution is -2.10. The smallest absolute Gasteiger partial charge is 0.406 e. The number of hydrogen-bond acceptors (Lipinski definition) is 5. The number of pyridine rings is 1. The van der Waals surface area contributed by atoms with E-state index >= 15 is 0 Å². The van der Waals surface area contributed by atoms with Crippen molar-refractivity contribution in [2.45, 2.75) is 0 Å². The van der Waals surface area contributed by atoms with Crippen molar-refractivity contribution in [2.24, 2.45) is 0 Å². The maximum Gasteiger partial charge on any atom is 0.406 e. The SMILES string of the molecule is O=[N+]([O-])c1ncccc1OCCOc1ccc(Br)cc1. The van der Waals surface area contributed by atoms with Gasteiger partial charge in [-0.3, -0.25) is 0 Å². The van der Waals surface area contributed by atoms with Crippen LogP contribution in [-0.4, -0.2) is 23.1 Å². The number of benzene rings is 1. The zero-order valence-corrected chi connectivity index (χ0v) is 11.9. The molecule has 1 aromatic heterocycles. The molecule has 1 heterocycles. The summed E-state index contributed by atoms with van der Waals surface area (Å²) in [7, 11) is 0. The quantitative estimate of drug-likeness (QED) is 0.459. The number of nitrogens with zero attached hydrogens (tertiary/aromatic N) is 2. The lowest BCUT2D eigenvalue weighted by atomic mass is 10.3. The molecule has 2 rings (SSSR count). The second-order valence-electron chi connectivity index (χ2n) is 3.73. The fourth-order valence-corrected chi connectivity index (χ4v) is 1.74. The van der Waals surface area contributed by atoms with Gasteiger partial charge in [0.1, 0.15) is 25.2 Å². The molecule has 1 aromatic carbocycles. The first-order valence-electron chi connectivity index (χ1n) is 5.77. The Morgan fingerprint density at radius 1 is 1.15 bits per heavy atom. The van der Waals surface area contributed by atoms with Crippen molar-refractivity contribution in [3.8, 4) is 11.5 Å². The van der Waals surface area contributed by atoms with Crippen LogP contribution in [0.1, 0.15) is 0 Å². The Labute approximate surface area is 123 Å². The number of rotatable bonds is 6. The van der Waals surface area contributed by atoms with Gasteiger partial charge in [0.05, 0.1) is 0 Å². The van der Waals surface area contributed by atoms with Crippen LogP contribution < -0.4 is 9.47 Å². The van der Waals surface area contributed by atoms with E-state index in [9.17, 15) is 10.1 Å². The van der Waals surface area contributed by atoms with Crippen molar-refractivity contribution in [2.75, 3.05) is 13.2 Å². The van der Waals surface area contributed by atoms with Gasteiger partial charge in [-0.05, 0) is 46.3 Å². The molecular formula is C13H11BrN2O4. The summed E-state index contributed by atoms with van der Waals surface area (Å²) < 4.78 is 11.7. The van der Waals surface area contributed by atoms with Gasteiger partial charge in [-0.25, -0.2) is 0 Å². The topological polar surface area (TPSA) is 74.5 Å². The molecule has 0 bridgehead atoms. The summed E-state index contributed by atoms with van der Waals surface area (Å²) >= 11 is 3.33. The summed E-state index contributed by atoms with van der Waals surface area (Å²) in [4.78, 5) is 13.8. The van der Waals surface area contributed by atoms with Crippen molar-refractivity contribution < 1.29 is 14.4 Å². The predicted molar refractivity (Wildman–Crippen MR) is 76.0 cm³/mol. The van der Waals surface area contributed by atoms with Crippen LogP contribution in [0.2, 0.25) is 0 Å². The molecule has 0 unspecified atom stereocenters. The van der Waals surface area contributed by atoms with Gasteiger partial charge in [-0.15, -0.1) is 0 Å². The van der Waals surface area contributed by atoms with Crippen LogP contribution in [0.25, 0.3) is 0 Å². The number of ether oxygens (including phenoxy) is 2. The minimum atomic E-state index is -0.578. The molecule has 2 aromatic rings. The fraction of sp³-hybridized carbons (Fsp3) is 0.154. The van der Waals surface area contributed by atoms with Crippen molar-refractivity contribution in [3.05, 3.63) is 57.2 Å². The third-order valence-corrected chi connectivity index (χ3v) is 2.88. The molecule has 20 heavy (non-hydrogen) atoms. The molecule has 0 aliphatic rings. The van der Waals surface area contributed by atoms with Gasteiger partial charge in [0.2, 0.25) is 5.75 Å². The first kappa shape index (κ1) is 14.3. The monoisotopic (exact) mass is 338 g/mol. The van der Waals surface area contributed by atoms with Gasteiger partial charge in [0.15, 0.2) is 0 Å². The summed E-state index contributed by atoms with van der Waals surface area (Å²) in [5.41, 5.74) is 0. The van der Waals surface area contributed by atoms with E-state index in [0.717, 1.165) is 4.47 Å². The molecule has 7 heteroatoms. The zero-order valence-electron chi connectivity index (χ0n) is 10.4. The normalized spacial score (nSPS) is 10.1. The second kappa shape index (κ2) is 6.85. The molecule has 0 aliphatic heterocycles. The van der Waals surface area contributed by atoms with Crippen LogP contribution in [0.15, 0.2) is 47.1 Å². The minimum Gasteiger partial charge on any atom is -0.490 e. The minimum absolute atomic E-state index is 0.136. The summed E-state index contributed by atoms with van der Waals surface area (Å²) in [6.07, 6.45) is 1.35. The molecule has 104 valence electrons. The highest BCUT2D eigenvalue weighted by atomic mass is 79.9. The second-order valence-corrected chi connectivity index (χ2v) is 4.65. The highest BCUT2D eigenvalue weighted by Crippen LogP contribution is 2.22. The Morgan fingerprint density at radius 3 is 2.55 bits per heavy atom. The number of hydrogen-bond donors (Lipinski definition) is 0. The van der Waals surface area contributed by atoms with E-state index in [2.05, 4.69) is 20.9 Å². The van der Waals surface area contributed by atoms with Gasteiger partial charge >= 0.3 is 5.82 Å². The van der Waals surface area contributed by atoms with Gasteiger partial charge < -0.3 is 19.6 Å². The molecule has 0 aliphatic carbocycles. The van der Waals surface area contributed by atoms with Crippen LogP contribution in [0.4, 0.5) is 5.82 Å². The standard InChI is InChI=1S/C13H11BrN2O4/c14-10-3-5-11(6-4-10)19-8-9-20-12-2-1-7-15-13(12)16(17)18/h1-7H,8-9H2. The van der Waals surface area contributed by atoms with Crippen molar-refractivity contribution in [1.29, 1.82) is 0 Å². The average molecular weight is 339 g/mol. The Kier molecular flexibility index (Phi) is 4.89. The van der Waals surface area contributed by atoms with E-state index < -0.39 is 4.92 Å². The van der Waals surface area contributed by atoms with Gasteiger partial charge in [-0.2, -0.15) is 0 Å². The van der Waals surface area contributed by atoms with Gasteiger partial charge in [-0.1, -0.05) is 15.9 Å². The van der Waals surface area contributed by atoms with E-state index in [0.29, 0.717) is 5.75 Å². The van der Waals surface area contributed by atoms with E-state index in [-0.39, 0.29) is 24.8 Å². The lowest BCUT2D eigenvalue weighted by molar-refractivity contribution is -0.390. The Bertz CT molecular complexity index is 589. The van der Waals surface area contributed by atoms with E-state index in [4.69, 9.17) is 9.47 Å².